The zero-order valence-electron chi connectivity index (χ0n) is 9.92. The van der Waals surface area contributed by atoms with Gasteiger partial charge < -0.3 is 0 Å². The topological polar surface area (TPSA) is 17.8 Å². The van der Waals surface area contributed by atoms with Gasteiger partial charge in [-0.2, -0.15) is 5.10 Å². The smallest absolute Gasteiger partial charge is 0.123 e. The molecule has 0 unspecified atom stereocenters. The van der Waals surface area contributed by atoms with Gasteiger partial charge in [-0.1, -0.05) is 12.1 Å². The lowest BCUT2D eigenvalue weighted by Gasteiger charge is -2.01. The number of hydrogen-bond donors (Lipinski definition) is 0. The average molecular weight is 256 g/mol. The molecule has 19 heavy (non-hydrogen) atoms. The van der Waals surface area contributed by atoms with Gasteiger partial charge in [0.25, 0.3) is 0 Å². The van der Waals surface area contributed by atoms with E-state index in [1.54, 1.807) is 41.2 Å². The van der Waals surface area contributed by atoms with Crippen molar-refractivity contribution >= 4 is 0 Å². The summed E-state index contributed by atoms with van der Waals surface area (Å²) in [5, 5.41) is 4.35. The molecule has 0 aliphatic carbocycles. The molecule has 0 amide bonds. The Kier molecular flexibility index (Phi) is 2.83. The van der Waals surface area contributed by atoms with E-state index in [0.717, 1.165) is 5.69 Å². The monoisotopic (exact) mass is 256 g/mol. The SMILES string of the molecule is Fc1ccc(-n2ccc(-c3cccc(F)c3)n2)cc1. The normalized spacial score (nSPS) is 10.6. The molecule has 0 aliphatic heterocycles. The zero-order chi connectivity index (χ0) is 13.2. The molecule has 94 valence electrons. The second-order valence-corrected chi connectivity index (χ2v) is 4.13. The van der Waals surface area contributed by atoms with Gasteiger partial charge >= 0.3 is 0 Å². The Hall–Kier alpha value is -2.49. The molecule has 2 aromatic carbocycles. The first-order chi connectivity index (χ1) is 9.22. The fraction of sp³-hybridized carbons (Fsp3) is 0. The fourth-order valence-corrected chi connectivity index (χ4v) is 1.86. The second-order valence-electron chi connectivity index (χ2n) is 4.13. The lowest BCUT2D eigenvalue weighted by Crippen LogP contribution is -1.94. The van der Waals surface area contributed by atoms with Gasteiger partial charge in [0.15, 0.2) is 0 Å². The Balaban J connectivity index is 1.97. The van der Waals surface area contributed by atoms with Crippen molar-refractivity contribution in [2.45, 2.75) is 0 Å². The minimum Gasteiger partial charge on any atom is -0.240 e. The van der Waals surface area contributed by atoms with Gasteiger partial charge in [0.1, 0.15) is 11.6 Å². The summed E-state index contributed by atoms with van der Waals surface area (Å²) in [5.41, 5.74) is 2.13. The van der Waals surface area contributed by atoms with Gasteiger partial charge in [0.05, 0.1) is 11.4 Å². The number of rotatable bonds is 2. The van der Waals surface area contributed by atoms with E-state index in [9.17, 15) is 8.78 Å². The third-order valence-electron chi connectivity index (χ3n) is 2.80. The molecular formula is C15H10F2N2. The predicted molar refractivity (Wildman–Crippen MR) is 68.9 cm³/mol. The van der Waals surface area contributed by atoms with Crippen LogP contribution in [0.15, 0.2) is 60.8 Å². The van der Waals surface area contributed by atoms with Crippen LogP contribution in [0.3, 0.4) is 0 Å². The largest absolute Gasteiger partial charge is 0.240 e. The van der Waals surface area contributed by atoms with E-state index in [-0.39, 0.29) is 11.6 Å². The highest BCUT2D eigenvalue weighted by Crippen LogP contribution is 2.19. The van der Waals surface area contributed by atoms with E-state index < -0.39 is 0 Å². The van der Waals surface area contributed by atoms with E-state index in [1.165, 1.54) is 24.3 Å². The summed E-state index contributed by atoms with van der Waals surface area (Å²) >= 11 is 0. The third kappa shape index (κ3) is 2.38. The molecule has 0 aliphatic rings. The highest BCUT2D eigenvalue weighted by atomic mass is 19.1. The Bertz CT molecular complexity index is 702. The molecule has 0 saturated heterocycles. The van der Waals surface area contributed by atoms with Crippen molar-refractivity contribution in [1.29, 1.82) is 0 Å². The maximum atomic E-state index is 13.2. The first kappa shape index (κ1) is 11.6. The van der Waals surface area contributed by atoms with Crippen LogP contribution in [-0.4, -0.2) is 9.78 Å². The van der Waals surface area contributed by atoms with Crippen LogP contribution in [0.5, 0.6) is 0 Å². The lowest BCUT2D eigenvalue weighted by molar-refractivity contribution is 0.626. The second kappa shape index (κ2) is 4.65. The number of halogens is 2. The molecule has 3 aromatic rings. The van der Waals surface area contributed by atoms with Crippen molar-refractivity contribution in [3.63, 3.8) is 0 Å². The van der Waals surface area contributed by atoms with E-state index in [2.05, 4.69) is 5.10 Å². The maximum Gasteiger partial charge on any atom is 0.123 e. The van der Waals surface area contributed by atoms with Crippen LogP contribution in [0.25, 0.3) is 16.9 Å². The van der Waals surface area contributed by atoms with Crippen LogP contribution in [-0.2, 0) is 0 Å². The van der Waals surface area contributed by atoms with Gasteiger partial charge in [0.2, 0.25) is 0 Å². The molecule has 0 radical (unpaired) electrons. The van der Waals surface area contributed by atoms with E-state index >= 15 is 0 Å². The Morgan fingerprint density at radius 1 is 0.842 bits per heavy atom. The van der Waals surface area contributed by atoms with Gasteiger partial charge in [-0.3, -0.25) is 0 Å². The van der Waals surface area contributed by atoms with Gasteiger partial charge in [0, 0.05) is 11.8 Å². The zero-order valence-corrected chi connectivity index (χ0v) is 9.92. The van der Waals surface area contributed by atoms with Crippen molar-refractivity contribution in [3.8, 4) is 16.9 Å². The summed E-state index contributed by atoms with van der Waals surface area (Å²) < 4.78 is 27.6. The molecule has 0 atom stereocenters. The fourth-order valence-electron chi connectivity index (χ4n) is 1.86. The van der Waals surface area contributed by atoms with E-state index in [0.29, 0.717) is 11.3 Å². The lowest BCUT2D eigenvalue weighted by atomic mass is 10.1. The molecule has 0 bridgehead atoms. The number of benzene rings is 2. The number of aromatic nitrogens is 2. The Morgan fingerprint density at radius 2 is 1.63 bits per heavy atom. The first-order valence-corrected chi connectivity index (χ1v) is 5.80. The molecule has 4 heteroatoms. The van der Waals surface area contributed by atoms with Gasteiger partial charge in [-0.25, -0.2) is 13.5 Å². The van der Waals surface area contributed by atoms with Crippen molar-refractivity contribution in [3.05, 3.63) is 72.4 Å². The predicted octanol–water partition coefficient (Wildman–Crippen LogP) is 3.82. The molecule has 1 aromatic heterocycles. The molecule has 0 N–H and O–H groups in total. The minimum absolute atomic E-state index is 0.290. The van der Waals surface area contributed by atoms with Crippen LogP contribution >= 0.6 is 0 Å². The first-order valence-electron chi connectivity index (χ1n) is 5.80. The molecule has 0 saturated carbocycles. The van der Waals surface area contributed by atoms with Crippen molar-refractivity contribution in [1.82, 2.24) is 9.78 Å². The van der Waals surface area contributed by atoms with Crippen molar-refractivity contribution in [2.24, 2.45) is 0 Å². The number of hydrogen-bond acceptors (Lipinski definition) is 1. The van der Waals surface area contributed by atoms with E-state index in [4.69, 9.17) is 0 Å². The van der Waals surface area contributed by atoms with E-state index in [1.807, 2.05) is 0 Å². The highest BCUT2D eigenvalue weighted by Gasteiger charge is 2.04. The van der Waals surface area contributed by atoms with Crippen LogP contribution in [0.1, 0.15) is 0 Å². The van der Waals surface area contributed by atoms with Crippen LogP contribution in [0, 0.1) is 11.6 Å². The summed E-state index contributed by atoms with van der Waals surface area (Å²) in [6.07, 6.45) is 1.76. The van der Waals surface area contributed by atoms with Crippen molar-refractivity contribution < 1.29 is 8.78 Å². The Labute approximate surface area is 108 Å². The van der Waals surface area contributed by atoms with Crippen LogP contribution < -0.4 is 0 Å². The molecule has 3 rings (SSSR count). The summed E-state index contributed by atoms with van der Waals surface area (Å²) in [5.74, 6) is -0.588. The molecule has 0 spiro atoms. The average Bonchev–Trinajstić information content (AvgIpc) is 2.89. The number of nitrogens with zero attached hydrogens (tertiary/aromatic N) is 2. The summed E-state index contributed by atoms with van der Waals surface area (Å²) in [7, 11) is 0. The quantitative estimate of drug-likeness (QED) is 0.681. The standard InChI is InChI=1S/C15H10F2N2/c16-12-4-6-14(7-5-12)19-9-8-15(18-19)11-2-1-3-13(17)10-11/h1-10H. The maximum absolute atomic E-state index is 13.2. The molecule has 1 heterocycles. The third-order valence-corrected chi connectivity index (χ3v) is 2.80. The molecule has 2 nitrogen and oxygen atoms in total. The highest BCUT2D eigenvalue weighted by molar-refractivity contribution is 5.58. The molecular weight excluding hydrogens is 246 g/mol. The van der Waals surface area contributed by atoms with Crippen LogP contribution in [0.4, 0.5) is 8.78 Å². The summed E-state index contributed by atoms with van der Waals surface area (Å²) in [6.45, 7) is 0. The summed E-state index contributed by atoms with van der Waals surface area (Å²) in [4.78, 5) is 0. The van der Waals surface area contributed by atoms with Crippen LogP contribution in [0.2, 0.25) is 0 Å². The van der Waals surface area contributed by atoms with Gasteiger partial charge in [-0.05, 0) is 42.5 Å². The Morgan fingerprint density at radius 3 is 2.37 bits per heavy atom. The minimum atomic E-state index is -0.297. The van der Waals surface area contributed by atoms with Gasteiger partial charge in [-0.15, -0.1) is 0 Å². The van der Waals surface area contributed by atoms with Crippen molar-refractivity contribution in [2.75, 3.05) is 0 Å². The molecule has 0 fully saturated rings. The summed E-state index contributed by atoms with van der Waals surface area (Å²) in [6, 6.07) is 14.1.